The fraction of sp³-hybridized carbons (Fsp3) is 0.455. The molecule has 2 N–H and O–H groups in total. The summed E-state index contributed by atoms with van der Waals surface area (Å²) >= 11 is 0. The third-order valence-corrected chi connectivity index (χ3v) is 15.1. The van der Waals surface area contributed by atoms with E-state index >= 15 is 0 Å². The van der Waals surface area contributed by atoms with Crippen molar-refractivity contribution in [3.63, 3.8) is 0 Å². The number of fused-ring (bicyclic) bond motifs is 3. The summed E-state index contributed by atoms with van der Waals surface area (Å²) in [5.74, 6) is -3.21. The third-order valence-electron chi connectivity index (χ3n) is 15.1. The molecule has 5 aliphatic rings. The molecule has 3 aliphatic heterocycles. The van der Waals surface area contributed by atoms with E-state index in [0.717, 1.165) is 32.1 Å². The number of carbonyl (C=O) groups excluding carboxylic acids is 3. The van der Waals surface area contributed by atoms with Crippen molar-refractivity contribution in [2.75, 3.05) is 42.0 Å². The van der Waals surface area contributed by atoms with E-state index in [9.17, 15) is 29.4 Å². The molecule has 3 heterocycles. The van der Waals surface area contributed by atoms with Crippen LogP contribution in [-0.4, -0.2) is 137 Å². The molecule has 2 aliphatic carbocycles. The summed E-state index contributed by atoms with van der Waals surface area (Å²) in [6, 6.07) is 24.1. The number of aliphatic hydroxyl groups is 1. The molecule has 456 valence electrons. The van der Waals surface area contributed by atoms with Crippen molar-refractivity contribution in [3.05, 3.63) is 155 Å². The van der Waals surface area contributed by atoms with E-state index in [2.05, 4.69) is 0 Å². The number of ether oxygens (including phenoxy) is 13. The Labute approximate surface area is 496 Å². The number of benzene rings is 4. The maximum atomic E-state index is 13.7. The van der Waals surface area contributed by atoms with Crippen molar-refractivity contribution in [1.29, 1.82) is 0 Å². The summed E-state index contributed by atoms with van der Waals surface area (Å²) in [5.41, 5.74) is 2.06. The van der Waals surface area contributed by atoms with Crippen molar-refractivity contribution in [3.8, 4) is 23.0 Å². The van der Waals surface area contributed by atoms with Crippen LogP contribution in [0, 0.1) is 11.8 Å². The van der Waals surface area contributed by atoms with Crippen molar-refractivity contribution >= 4 is 36.0 Å². The maximum absolute atomic E-state index is 13.7. The molecule has 4 aromatic rings. The molecule has 4 fully saturated rings. The van der Waals surface area contributed by atoms with Gasteiger partial charge in [0.1, 0.15) is 64.6 Å². The Kier molecular flexibility index (Phi) is 22.2. The van der Waals surface area contributed by atoms with Crippen molar-refractivity contribution in [2.45, 2.75) is 139 Å². The number of carboxylic acid groups (broad SMARTS) is 1. The monoisotopic (exact) mass is 1170 g/mol. The molecule has 0 radical (unpaired) electrons. The molecule has 2 saturated heterocycles. The SMILES string of the molecule is COCOc1cc(OC)cc(/C=C/C[C@@H]2OC(C)(C)O[C@@H]2C(/C=C\[C@H]2CCC[C@@H]2O)OC(=O)c2ccccc2)c1C(=O)O.COCOc1cc(OC)cc2c1C(=O)O[C@H]1CCC[C@@H]1/C=C\C(OC(=O)c1ccccc1)[C@H]1OC(C)(C)O[C@H]1C/C=C/2. The minimum Gasteiger partial charge on any atom is -0.497 e. The first-order chi connectivity index (χ1) is 40.9. The summed E-state index contributed by atoms with van der Waals surface area (Å²) in [6.45, 7) is 7.09. The first kappa shape index (κ1) is 63.7. The predicted molar refractivity (Wildman–Crippen MR) is 312 cm³/mol. The highest BCUT2D eigenvalue weighted by Crippen LogP contribution is 2.40. The lowest BCUT2D eigenvalue weighted by Crippen LogP contribution is -2.37. The number of rotatable bonds is 19. The van der Waals surface area contributed by atoms with Crippen molar-refractivity contribution < 1.29 is 91.0 Å². The number of carbonyl (C=O) groups is 4. The number of hydrogen-bond acceptors (Lipinski definition) is 18. The molecule has 0 bridgehead atoms. The standard InChI is InChI=1S/C33H40O10.C33H38O9/c1-33(2)42-27(15-9-13-23-18-24(39-4)19-28(40-20-38-3)29(23)31(35)36)30(43-33)26(17-16-21-12-8-14-25(21)34)41-32(37)22-10-6-5-7-11-22;1-33(2)41-27-15-9-13-23-18-24(37-4)19-28(38-20-36-3)29(23)32(35)39-25-14-8-12-21(25)16-17-26(30(27)42-33)40-31(34)22-10-6-5-7-11-22/h5-7,9-11,13,16-19,21,25-27,30,34H,8,12,14-15,20H2,1-4H3,(H,35,36);5-7,9-11,13,16-19,21,25-27,30H,8,12,14-15,20H2,1-4H3/b2*13-9+,17-16-/t2*21-,25+,26?,27+,30-/m11/s1. The van der Waals surface area contributed by atoms with Gasteiger partial charge >= 0.3 is 23.9 Å². The lowest BCUT2D eigenvalue weighted by atomic mass is 9.98. The van der Waals surface area contributed by atoms with Crippen LogP contribution in [0.5, 0.6) is 23.0 Å². The fourth-order valence-corrected chi connectivity index (χ4v) is 11.1. The van der Waals surface area contributed by atoms with Gasteiger partial charge in [0, 0.05) is 38.2 Å². The van der Waals surface area contributed by atoms with Gasteiger partial charge in [-0.3, -0.25) is 0 Å². The second-order valence-electron chi connectivity index (χ2n) is 22.1. The normalized spacial score (nSPS) is 26.1. The Morgan fingerprint density at radius 2 is 1.38 bits per heavy atom. The molecular formula is C66H78O19. The van der Waals surface area contributed by atoms with E-state index < -0.39 is 78.2 Å². The first-order valence-corrected chi connectivity index (χ1v) is 28.6. The van der Waals surface area contributed by atoms with E-state index in [1.165, 1.54) is 27.4 Å². The van der Waals surface area contributed by atoms with Crippen LogP contribution >= 0.6 is 0 Å². The summed E-state index contributed by atoms with van der Waals surface area (Å²) in [4.78, 5) is 52.1. The third kappa shape index (κ3) is 17.0. The van der Waals surface area contributed by atoms with Gasteiger partial charge in [0.2, 0.25) is 0 Å². The predicted octanol–water partition coefficient (Wildman–Crippen LogP) is 11.0. The van der Waals surface area contributed by atoms with Crippen LogP contribution in [0.25, 0.3) is 12.2 Å². The molecule has 9 rings (SSSR count). The zero-order chi connectivity index (χ0) is 60.7. The van der Waals surface area contributed by atoms with Crippen LogP contribution in [-0.2, 0) is 42.6 Å². The molecule has 0 aromatic heterocycles. The Balaban J connectivity index is 0.000000221. The molecule has 10 atom stereocenters. The summed E-state index contributed by atoms with van der Waals surface area (Å²) < 4.78 is 75.4. The van der Waals surface area contributed by atoms with E-state index in [0.29, 0.717) is 64.3 Å². The highest BCUT2D eigenvalue weighted by atomic mass is 16.8. The van der Waals surface area contributed by atoms with Crippen LogP contribution in [0.3, 0.4) is 0 Å². The summed E-state index contributed by atoms with van der Waals surface area (Å²) in [7, 11) is 5.99. The van der Waals surface area contributed by atoms with Gasteiger partial charge in [-0.15, -0.1) is 0 Å². The van der Waals surface area contributed by atoms with Gasteiger partial charge in [0.05, 0.1) is 43.7 Å². The highest BCUT2D eigenvalue weighted by Gasteiger charge is 2.47. The quantitative estimate of drug-likeness (QED) is 0.0385. The second kappa shape index (κ2) is 29.6. The molecule has 0 amide bonds. The molecule has 85 heavy (non-hydrogen) atoms. The number of aliphatic hydroxyl groups excluding tert-OH is 1. The second-order valence-corrected chi connectivity index (χ2v) is 22.1. The lowest BCUT2D eigenvalue weighted by Gasteiger charge is -2.25. The van der Waals surface area contributed by atoms with E-state index in [1.807, 2.05) is 56.4 Å². The van der Waals surface area contributed by atoms with E-state index in [1.54, 1.807) is 106 Å². The fourth-order valence-electron chi connectivity index (χ4n) is 11.1. The Morgan fingerprint density at radius 1 is 0.729 bits per heavy atom. The van der Waals surface area contributed by atoms with E-state index in [4.69, 9.17) is 61.6 Å². The Bertz CT molecular complexity index is 3020. The minimum atomic E-state index is -1.17. The molecule has 4 aromatic carbocycles. The van der Waals surface area contributed by atoms with Gasteiger partial charge in [0.15, 0.2) is 25.2 Å². The molecule has 19 heteroatoms. The van der Waals surface area contributed by atoms with Gasteiger partial charge in [0.25, 0.3) is 0 Å². The maximum Gasteiger partial charge on any atom is 0.342 e. The van der Waals surface area contributed by atoms with Crippen molar-refractivity contribution in [1.82, 2.24) is 0 Å². The van der Waals surface area contributed by atoms with Crippen LogP contribution in [0.15, 0.2) is 121 Å². The largest absolute Gasteiger partial charge is 0.497 e. The molecule has 2 saturated carbocycles. The average Bonchev–Trinajstić information content (AvgIpc) is 3.04. The highest BCUT2D eigenvalue weighted by molar-refractivity contribution is 5.97. The van der Waals surface area contributed by atoms with Crippen LogP contribution in [0.1, 0.15) is 132 Å². The van der Waals surface area contributed by atoms with Gasteiger partial charge in [-0.1, -0.05) is 79.3 Å². The lowest BCUT2D eigenvalue weighted by molar-refractivity contribution is -0.153. The van der Waals surface area contributed by atoms with Gasteiger partial charge in [-0.2, -0.15) is 0 Å². The van der Waals surface area contributed by atoms with Gasteiger partial charge in [-0.25, -0.2) is 19.2 Å². The number of carboxylic acids is 1. The van der Waals surface area contributed by atoms with Gasteiger partial charge < -0.3 is 71.8 Å². The number of methoxy groups -OCH3 is 4. The van der Waals surface area contributed by atoms with Crippen molar-refractivity contribution in [2.24, 2.45) is 11.8 Å². The average molecular weight is 1180 g/mol. The van der Waals surface area contributed by atoms with Crippen LogP contribution in [0.2, 0.25) is 0 Å². The zero-order valence-corrected chi connectivity index (χ0v) is 49.4. The topological polar surface area (TPSA) is 229 Å². The number of esters is 3. The number of hydrogen-bond donors (Lipinski definition) is 2. The first-order valence-electron chi connectivity index (χ1n) is 28.6. The van der Waals surface area contributed by atoms with Crippen LogP contribution in [0.4, 0.5) is 0 Å². The Hall–Kier alpha value is -7.36. The summed E-state index contributed by atoms with van der Waals surface area (Å²) in [6.07, 6.45) is 15.8. The molecule has 0 spiro atoms. The smallest absolute Gasteiger partial charge is 0.342 e. The van der Waals surface area contributed by atoms with Gasteiger partial charge in [-0.05, 0) is 132 Å². The number of aromatic carboxylic acids is 1. The summed E-state index contributed by atoms with van der Waals surface area (Å²) in [5, 5.41) is 20.3. The van der Waals surface area contributed by atoms with E-state index in [-0.39, 0.29) is 42.8 Å². The molecule has 2 unspecified atom stereocenters. The molecule has 19 nitrogen and oxygen atoms in total. The minimum absolute atomic E-state index is 0.0383. The molecular weight excluding hydrogens is 1100 g/mol. The zero-order valence-electron chi connectivity index (χ0n) is 49.4. The van der Waals surface area contributed by atoms with Crippen LogP contribution < -0.4 is 18.9 Å². The Morgan fingerprint density at radius 3 is 2.04 bits per heavy atom.